The Bertz CT molecular complexity index is 1780. The standard InChI is InChI=1S/C41H47ClN2O4/c1-40(2,3)33-20-23-44(36-17-15-29(26-32(33)36)47-28-11-9-10-27(42)24-28)39(45)18-21-41(4,5)34-19-22-43-35-16-14-30(25-31(34)35)48-38-13-8-7-12-37(38)46-6/h7-17,24-26,33-34,43H,18-23H2,1-6H3. The van der Waals surface area contributed by atoms with Gasteiger partial charge in [-0.1, -0.05) is 64.4 Å². The molecule has 7 heteroatoms. The molecule has 0 saturated carbocycles. The molecule has 0 fully saturated rings. The second-order valence-corrected chi connectivity index (χ2v) is 15.2. The minimum atomic E-state index is -0.114. The number of anilines is 2. The topological polar surface area (TPSA) is 60.0 Å². The molecule has 48 heavy (non-hydrogen) atoms. The van der Waals surface area contributed by atoms with E-state index in [0.717, 1.165) is 54.2 Å². The fourth-order valence-electron chi connectivity index (χ4n) is 7.42. The van der Waals surface area contributed by atoms with E-state index in [-0.39, 0.29) is 22.7 Å². The van der Waals surface area contributed by atoms with E-state index in [1.54, 1.807) is 7.11 Å². The Morgan fingerprint density at radius 1 is 0.812 bits per heavy atom. The monoisotopic (exact) mass is 666 g/mol. The van der Waals surface area contributed by atoms with E-state index in [0.29, 0.717) is 41.2 Å². The molecular formula is C41H47ClN2O4. The Labute approximate surface area is 290 Å². The van der Waals surface area contributed by atoms with Gasteiger partial charge in [0.05, 0.1) is 7.11 Å². The van der Waals surface area contributed by atoms with Crippen LogP contribution in [-0.4, -0.2) is 26.1 Å². The molecule has 0 spiro atoms. The molecular weight excluding hydrogens is 620 g/mol. The van der Waals surface area contributed by atoms with Gasteiger partial charge in [0, 0.05) is 35.9 Å². The number of methoxy groups -OCH3 is 1. The van der Waals surface area contributed by atoms with Crippen molar-refractivity contribution in [3.63, 3.8) is 0 Å². The number of hydrogen-bond donors (Lipinski definition) is 1. The summed E-state index contributed by atoms with van der Waals surface area (Å²) in [6.45, 7) is 13.0. The maximum atomic E-state index is 14.1. The van der Waals surface area contributed by atoms with E-state index < -0.39 is 0 Å². The summed E-state index contributed by atoms with van der Waals surface area (Å²) in [6, 6.07) is 27.5. The number of rotatable bonds is 9. The number of benzene rings is 4. The summed E-state index contributed by atoms with van der Waals surface area (Å²) in [7, 11) is 1.65. The molecule has 252 valence electrons. The molecule has 2 aliphatic rings. The van der Waals surface area contributed by atoms with Crippen LogP contribution in [0.1, 0.15) is 83.3 Å². The number of ether oxygens (including phenoxy) is 3. The zero-order valence-electron chi connectivity index (χ0n) is 28.9. The van der Waals surface area contributed by atoms with Crippen molar-refractivity contribution in [2.24, 2.45) is 10.8 Å². The zero-order chi connectivity index (χ0) is 34.1. The molecule has 0 aromatic heterocycles. The van der Waals surface area contributed by atoms with Crippen LogP contribution in [0.2, 0.25) is 5.02 Å². The van der Waals surface area contributed by atoms with Crippen LogP contribution >= 0.6 is 11.6 Å². The first-order valence-electron chi connectivity index (χ1n) is 17.0. The Morgan fingerprint density at radius 3 is 2.27 bits per heavy atom. The van der Waals surface area contributed by atoms with Crippen molar-refractivity contribution in [1.29, 1.82) is 0 Å². The summed E-state index contributed by atoms with van der Waals surface area (Å²) in [5, 5.41) is 4.20. The van der Waals surface area contributed by atoms with Crippen LogP contribution in [0.3, 0.4) is 0 Å². The summed E-state index contributed by atoms with van der Waals surface area (Å²) in [6.07, 6.45) is 3.15. The third-order valence-electron chi connectivity index (χ3n) is 10.1. The molecule has 2 aliphatic heterocycles. The molecule has 6 nitrogen and oxygen atoms in total. The molecule has 2 atom stereocenters. The Morgan fingerprint density at radius 2 is 1.52 bits per heavy atom. The summed E-state index contributed by atoms with van der Waals surface area (Å²) >= 11 is 6.21. The Balaban J connectivity index is 1.20. The van der Waals surface area contributed by atoms with Crippen molar-refractivity contribution in [3.05, 3.63) is 101 Å². The van der Waals surface area contributed by atoms with Crippen LogP contribution in [0, 0.1) is 10.8 Å². The minimum Gasteiger partial charge on any atom is -0.493 e. The first-order chi connectivity index (χ1) is 22.9. The largest absolute Gasteiger partial charge is 0.493 e. The number of hydrogen-bond acceptors (Lipinski definition) is 5. The zero-order valence-corrected chi connectivity index (χ0v) is 29.7. The first kappa shape index (κ1) is 33.7. The van der Waals surface area contributed by atoms with E-state index in [1.807, 2.05) is 65.6 Å². The van der Waals surface area contributed by atoms with Crippen LogP contribution in [0.4, 0.5) is 11.4 Å². The van der Waals surface area contributed by atoms with Gasteiger partial charge >= 0.3 is 0 Å². The van der Waals surface area contributed by atoms with Gasteiger partial charge in [0.15, 0.2) is 11.5 Å². The normalized spacial score (nSPS) is 17.5. The van der Waals surface area contributed by atoms with Gasteiger partial charge in [-0.05, 0) is 120 Å². The molecule has 4 aromatic rings. The van der Waals surface area contributed by atoms with Crippen molar-refractivity contribution >= 4 is 28.9 Å². The highest BCUT2D eigenvalue weighted by atomic mass is 35.5. The molecule has 2 unspecified atom stereocenters. The summed E-state index contributed by atoms with van der Waals surface area (Å²) in [5.74, 6) is 4.34. The lowest BCUT2D eigenvalue weighted by molar-refractivity contribution is -0.119. The van der Waals surface area contributed by atoms with Crippen molar-refractivity contribution in [3.8, 4) is 28.7 Å². The molecule has 1 N–H and O–H groups in total. The van der Waals surface area contributed by atoms with Gasteiger partial charge in [-0.15, -0.1) is 0 Å². The molecule has 2 heterocycles. The highest BCUT2D eigenvalue weighted by Crippen LogP contribution is 2.49. The average molecular weight is 667 g/mol. The van der Waals surface area contributed by atoms with Crippen molar-refractivity contribution in [2.45, 2.75) is 72.1 Å². The van der Waals surface area contributed by atoms with Gasteiger partial charge in [-0.2, -0.15) is 0 Å². The molecule has 0 bridgehead atoms. The first-order valence-corrected chi connectivity index (χ1v) is 17.4. The van der Waals surface area contributed by atoms with Crippen LogP contribution in [0.5, 0.6) is 28.7 Å². The Kier molecular flexibility index (Phi) is 9.67. The van der Waals surface area contributed by atoms with Crippen molar-refractivity contribution in [2.75, 3.05) is 30.4 Å². The van der Waals surface area contributed by atoms with Gasteiger partial charge in [-0.25, -0.2) is 0 Å². The van der Waals surface area contributed by atoms with Crippen LogP contribution in [-0.2, 0) is 4.79 Å². The SMILES string of the molecule is COc1ccccc1Oc1ccc2c(c1)C(C(C)(C)CCC(=O)N1CCC(C(C)(C)C)c3cc(Oc4cccc(Cl)c4)ccc31)CCN2. The number of fused-ring (bicyclic) bond motifs is 2. The fraction of sp³-hybridized carbons (Fsp3) is 0.390. The van der Waals surface area contributed by atoms with Gasteiger partial charge < -0.3 is 24.4 Å². The summed E-state index contributed by atoms with van der Waals surface area (Å²) < 4.78 is 18.0. The molecule has 4 aromatic carbocycles. The maximum absolute atomic E-state index is 14.1. The fourth-order valence-corrected chi connectivity index (χ4v) is 7.60. The summed E-state index contributed by atoms with van der Waals surface area (Å²) in [4.78, 5) is 16.1. The highest BCUT2D eigenvalue weighted by Gasteiger charge is 2.38. The molecule has 6 rings (SSSR count). The lowest BCUT2D eigenvalue weighted by Crippen LogP contribution is -2.40. The predicted octanol–water partition coefficient (Wildman–Crippen LogP) is 11.2. The lowest BCUT2D eigenvalue weighted by Gasteiger charge is -2.42. The molecule has 0 radical (unpaired) electrons. The highest BCUT2D eigenvalue weighted by molar-refractivity contribution is 6.30. The van der Waals surface area contributed by atoms with Gasteiger partial charge in [0.2, 0.25) is 5.91 Å². The number of nitrogens with zero attached hydrogens (tertiary/aromatic N) is 1. The van der Waals surface area contributed by atoms with Gasteiger partial charge in [0.25, 0.3) is 0 Å². The quantitative estimate of drug-likeness (QED) is 0.193. The van der Waals surface area contributed by atoms with Gasteiger partial charge in [-0.3, -0.25) is 4.79 Å². The molecule has 0 aliphatic carbocycles. The number of para-hydroxylation sites is 2. The average Bonchev–Trinajstić information content (AvgIpc) is 3.06. The second-order valence-electron chi connectivity index (χ2n) is 14.8. The van der Waals surface area contributed by atoms with E-state index in [1.165, 1.54) is 5.56 Å². The van der Waals surface area contributed by atoms with Crippen LogP contribution in [0.15, 0.2) is 84.9 Å². The minimum absolute atomic E-state index is 0.0389. The Hall–Kier alpha value is -4.16. The van der Waals surface area contributed by atoms with Crippen LogP contribution in [0.25, 0.3) is 0 Å². The molecule has 0 saturated heterocycles. The predicted molar refractivity (Wildman–Crippen MR) is 196 cm³/mol. The number of nitrogens with one attached hydrogen (secondary N) is 1. The van der Waals surface area contributed by atoms with Gasteiger partial charge in [0.1, 0.15) is 17.2 Å². The van der Waals surface area contributed by atoms with E-state index >= 15 is 0 Å². The number of halogens is 1. The number of carbonyl (C=O) groups is 1. The van der Waals surface area contributed by atoms with Crippen molar-refractivity contribution < 1.29 is 19.0 Å². The smallest absolute Gasteiger partial charge is 0.227 e. The second kappa shape index (κ2) is 13.8. The number of amides is 1. The molecule has 1 amide bonds. The number of carbonyl (C=O) groups excluding carboxylic acids is 1. The third-order valence-corrected chi connectivity index (χ3v) is 10.3. The van der Waals surface area contributed by atoms with E-state index in [9.17, 15) is 4.79 Å². The third kappa shape index (κ3) is 7.29. The van der Waals surface area contributed by atoms with E-state index in [2.05, 4.69) is 64.2 Å². The van der Waals surface area contributed by atoms with E-state index in [4.69, 9.17) is 25.8 Å². The summed E-state index contributed by atoms with van der Waals surface area (Å²) in [5.41, 5.74) is 4.44. The van der Waals surface area contributed by atoms with Crippen molar-refractivity contribution in [1.82, 2.24) is 0 Å². The van der Waals surface area contributed by atoms with Crippen LogP contribution < -0.4 is 24.4 Å². The lowest BCUT2D eigenvalue weighted by atomic mass is 9.69. The maximum Gasteiger partial charge on any atom is 0.227 e.